The SMILES string of the molecule is N[C@H]1CCCC[C@H]1Nc1nc2ccccc2n1Cc1c(F)cccc1Cl. The van der Waals surface area contributed by atoms with Gasteiger partial charge in [-0.25, -0.2) is 9.37 Å². The van der Waals surface area contributed by atoms with Gasteiger partial charge in [0.1, 0.15) is 5.82 Å². The quantitative estimate of drug-likeness (QED) is 0.705. The van der Waals surface area contributed by atoms with Gasteiger partial charge in [-0.15, -0.1) is 0 Å². The Morgan fingerprint density at radius 2 is 1.96 bits per heavy atom. The Morgan fingerprint density at radius 3 is 2.77 bits per heavy atom. The van der Waals surface area contributed by atoms with Crippen molar-refractivity contribution in [1.82, 2.24) is 9.55 Å². The van der Waals surface area contributed by atoms with Crippen LogP contribution < -0.4 is 11.1 Å². The molecule has 2 atom stereocenters. The van der Waals surface area contributed by atoms with E-state index in [1.54, 1.807) is 12.1 Å². The number of fused-ring (bicyclic) bond motifs is 1. The number of nitrogens with two attached hydrogens (primary N) is 1. The van der Waals surface area contributed by atoms with E-state index in [9.17, 15) is 4.39 Å². The lowest BCUT2D eigenvalue weighted by atomic mass is 9.91. The molecule has 3 N–H and O–H groups in total. The highest BCUT2D eigenvalue weighted by atomic mass is 35.5. The number of rotatable bonds is 4. The first kappa shape index (κ1) is 17.3. The zero-order chi connectivity index (χ0) is 18.1. The Kier molecular flexibility index (Phi) is 4.83. The Bertz CT molecular complexity index is 903. The molecule has 136 valence electrons. The number of benzene rings is 2. The van der Waals surface area contributed by atoms with E-state index in [1.807, 2.05) is 28.8 Å². The molecule has 0 saturated heterocycles. The topological polar surface area (TPSA) is 55.9 Å². The summed E-state index contributed by atoms with van der Waals surface area (Å²) in [6, 6.07) is 12.9. The van der Waals surface area contributed by atoms with Gasteiger partial charge in [0.15, 0.2) is 0 Å². The molecular weight excluding hydrogens is 351 g/mol. The lowest BCUT2D eigenvalue weighted by Crippen LogP contribution is -2.43. The molecule has 0 bridgehead atoms. The monoisotopic (exact) mass is 372 g/mol. The summed E-state index contributed by atoms with van der Waals surface area (Å²) in [7, 11) is 0. The summed E-state index contributed by atoms with van der Waals surface area (Å²) in [4.78, 5) is 4.73. The van der Waals surface area contributed by atoms with Gasteiger partial charge in [-0.1, -0.05) is 42.6 Å². The Labute approximate surface area is 157 Å². The number of aromatic nitrogens is 2. The smallest absolute Gasteiger partial charge is 0.204 e. The molecule has 2 aromatic carbocycles. The van der Waals surface area contributed by atoms with E-state index in [4.69, 9.17) is 22.3 Å². The van der Waals surface area contributed by atoms with E-state index in [0.29, 0.717) is 23.1 Å². The fourth-order valence-electron chi connectivity index (χ4n) is 3.69. The summed E-state index contributed by atoms with van der Waals surface area (Å²) < 4.78 is 16.3. The lowest BCUT2D eigenvalue weighted by Gasteiger charge is -2.30. The molecule has 4 rings (SSSR count). The van der Waals surface area contributed by atoms with Gasteiger partial charge in [0.25, 0.3) is 0 Å². The maximum Gasteiger partial charge on any atom is 0.204 e. The molecule has 3 aromatic rings. The molecule has 0 amide bonds. The van der Waals surface area contributed by atoms with E-state index >= 15 is 0 Å². The van der Waals surface area contributed by atoms with Crippen molar-refractivity contribution in [2.24, 2.45) is 5.73 Å². The third-order valence-electron chi connectivity index (χ3n) is 5.17. The molecule has 0 radical (unpaired) electrons. The van der Waals surface area contributed by atoms with Crippen LogP contribution in [0.2, 0.25) is 5.02 Å². The molecule has 0 aliphatic heterocycles. The summed E-state index contributed by atoms with van der Waals surface area (Å²) in [5.74, 6) is 0.406. The number of para-hydroxylation sites is 2. The van der Waals surface area contributed by atoms with Crippen LogP contribution in [-0.2, 0) is 6.54 Å². The standard InChI is InChI=1S/C20H22ClFN4/c21-14-6-5-7-15(22)13(14)12-26-19-11-4-3-10-18(19)25-20(26)24-17-9-2-1-8-16(17)23/h3-7,10-11,16-17H,1-2,8-9,12,23H2,(H,24,25)/t16-,17+/m0/s1. The third-order valence-corrected chi connectivity index (χ3v) is 5.52. The molecule has 4 nitrogen and oxygen atoms in total. The molecule has 1 aliphatic rings. The number of hydrogen-bond donors (Lipinski definition) is 2. The number of hydrogen-bond acceptors (Lipinski definition) is 3. The predicted molar refractivity (Wildman–Crippen MR) is 104 cm³/mol. The van der Waals surface area contributed by atoms with Crippen LogP contribution in [0.1, 0.15) is 31.2 Å². The minimum absolute atomic E-state index is 0.106. The normalized spacial score (nSPS) is 20.4. The second kappa shape index (κ2) is 7.25. The van der Waals surface area contributed by atoms with Gasteiger partial charge in [0, 0.05) is 22.7 Å². The lowest BCUT2D eigenvalue weighted by molar-refractivity contribution is 0.401. The molecule has 0 spiro atoms. The number of halogens is 2. The summed E-state index contributed by atoms with van der Waals surface area (Å²) in [5.41, 5.74) is 8.57. The summed E-state index contributed by atoms with van der Waals surface area (Å²) in [6.45, 7) is 0.316. The molecule has 1 heterocycles. The Morgan fingerprint density at radius 1 is 1.15 bits per heavy atom. The summed E-state index contributed by atoms with van der Waals surface area (Å²) in [6.07, 6.45) is 4.35. The minimum atomic E-state index is -0.310. The van der Waals surface area contributed by atoms with Crippen molar-refractivity contribution in [1.29, 1.82) is 0 Å². The maximum absolute atomic E-state index is 14.3. The predicted octanol–water partition coefficient (Wildman–Crippen LogP) is 4.56. The average Bonchev–Trinajstić information content (AvgIpc) is 2.97. The number of nitrogens with one attached hydrogen (secondary N) is 1. The molecule has 1 saturated carbocycles. The average molecular weight is 373 g/mol. The molecule has 6 heteroatoms. The first-order valence-electron chi connectivity index (χ1n) is 9.04. The molecular formula is C20H22ClFN4. The highest BCUT2D eigenvalue weighted by molar-refractivity contribution is 6.31. The van der Waals surface area contributed by atoms with Crippen LogP contribution >= 0.6 is 11.6 Å². The number of anilines is 1. The molecule has 1 aliphatic carbocycles. The molecule has 1 aromatic heterocycles. The van der Waals surface area contributed by atoms with E-state index in [-0.39, 0.29) is 17.9 Å². The second-order valence-electron chi connectivity index (χ2n) is 6.91. The van der Waals surface area contributed by atoms with E-state index in [0.717, 1.165) is 30.3 Å². The fraction of sp³-hybridized carbons (Fsp3) is 0.350. The number of imidazole rings is 1. The second-order valence-corrected chi connectivity index (χ2v) is 7.32. The van der Waals surface area contributed by atoms with Gasteiger partial charge < -0.3 is 15.6 Å². The van der Waals surface area contributed by atoms with E-state index in [1.165, 1.54) is 12.5 Å². The summed E-state index contributed by atoms with van der Waals surface area (Å²) in [5, 5.41) is 3.93. The van der Waals surface area contributed by atoms with E-state index in [2.05, 4.69) is 5.32 Å². The minimum Gasteiger partial charge on any atom is -0.351 e. The van der Waals surface area contributed by atoms with Crippen LogP contribution in [0.15, 0.2) is 42.5 Å². The van der Waals surface area contributed by atoms with Crippen LogP contribution in [0, 0.1) is 5.82 Å². The van der Waals surface area contributed by atoms with E-state index < -0.39 is 0 Å². The van der Waals surface area contributed by atoms with Crippen LogP contribution in [-0.4, -0.2) is 21.6 Å². The van der Waals surface area contributed by atoms with Crippen molar-refractivity contribution in [2.75, 3.05) is 5.32 Å². The highest BCUT2D eigenvalue weighted by Crippen LogP contribution is 2.28. The first-order valence-corrected chi connectivity index (χ1v) is 9.41. The van der Waals surface area contributed by atoms with Crippen LogP contribution in [0.3, 0.4) is 0 Å². The van der Waals surface area contributed by atoms with Gasteiger partial charge in [-0.05, 0) is 37.1 Å². The third kappa shape index (κ3) is 3.29. The maximum atomic E-state index is 14.3. The van der Waals surface area contributed by atoms with Crippen molar-refractivity contribution in [3.63, 3.8) is 0 Å². The Balaban J connectivity index is 1.74. The van der Waals surface area contributed by atoms with Crippen molar-refractivity contribution in [2.45, 2.75) is 44.3 Å². The Hall–Kier alpha value is -2.11. The van der Waals surface area contributed by atoms with Gasteiger partial charge >= 0.3 is 0 Å². The zero-order valence-corrected chi connectivity index (χ0v) is 15.2. The van der Waals surface area contributed by atoms with Gasteiger partial charge in [-0.2, -0.15) is 0 Å². The largest absolute Gasteiger partial charge is 0.351 e. The molecule has 26 heavy (non-hydrogen) atoms. The number of nitrogens with zero attached hydrogens (tertiary/aromatic N) is 2. The van der Waals surface area contributed by atoms with Crippen molar-refractivity contribution >= 4 is 28.6 Å². The van der Waals surface area contributed by atoms with Crippen LogP contribution in [0.5, 0.6) is 0 Å². The fourth-order valence-corrected chi connectivity index (χ4v) is 3.91. The molecule has 1 fully saturated rings. The van der Waals surface area contributed by atoms with Gasteiger partial charge in [-0.3, -0.25) is 0 Å². The van der Waals surface area contributed by atoms with Gasteiger partial charge in [0.2, 0.25) is 5.95 Å². The van der Waals surface area contributed by atoms with Crippen molar-refractivity contribution in [3.8, 4) is 0 Å². The van der Waals surface area contributed by atoms with Gasteiger partial charge in [0.05, 0.1) is 17.6 Å². The van der Waals surface area contributed by atoms with Crippen LogP contribution in [0.25, 0.3) is 11.0 Å². The first-order chi connectivity index (χ1) is 12.6. The van der Waals surface area contributed by atoms with Crippen molar-refractivity contribution in [3.05, 3.63) is 58.9 Å². The van der Waals surface area contributed by atoms with Crippen LogP contribution in [0.4, 0.5) is 10.3 Å². The van der Waals surface area contributed by atoms with Crippen molar-refractivity contribution < 1.29 is 4.39 Å². The zero-order valence-electron chi connectivity index (χ0n) is 14.5. The summed E-state index contributed by atoms with van der Waals surface area (Å²) >= 11 is 6.25. The molecule has 0 unspecified atom stereocenters. The highest BCUT2D eigenvalue weighted by Gasteiger charge is 2.24.